The summed E-state index contributed by atoms with van der Waals surface area (Å²) in [6, 6.07) is 16.0. The fraction of sp³-hybridized carbons (Fsp3) is 0.292. The van der Waals surface area contributed by atoms with Gasteiger partial charge in [0.2, 0.25) is 5.78 Å². The van der Waals surface area contributed by atoms with E-state index in [1.807, 2.05) is 34.7 Å². The highest BCUT2D eigenvalue weighted by Gasteiger charge is 2.44. The zero-order chi connectivity index (χ0) is 20.3. The van der Waals surface area contributed by atoms with Gasteiger partial charge in [-0.15, -0.1) is 10.2 Å². The fourth-order valence-electron chi connectivity index (χ4n) is 5.51. The number of rotatable bonds is 2. The van der Waals surface area contributed by atoms with Gasteiger partial charge in [0.15, 0.2) is 0 Å². The van der Waals surface area contributed by atoms with Crippen LogP contribution < -0.4 is 10.3 Å². The summed E-state index contributed by atoms with van der Waals surface area (Å²) in [7, 11) is 1.64. The topological polar surface area (TPSA) is 61.4 Å². The minimum atomic E-state index is -0.118. The molecule has 0 unspecified atom stereocenters. The Morgan fingerprint density at radius 2 is 1.80 bits per heavy atom. The zero-order valence-electron chi connectivity index (χ0n) is 16.8. The fourth-order valence-corrected chi connectivity index (χ4v) is 5.51. The molecular weight excluding hydrogens is 376 g/mol. The molecule has 6 nitrogen and oxygen atoms in total. The van der Waals surface area contributed by atoms with Crippen molar-refractivity contribution < 1.29 is 4.74 Å². The molecule has 0 bridgehead atoms. The monoisotopic (exact) mass is 398 g/mol. The maximum absolute atomic E-state index is 14.1. The van der Waals surface area contributed by atoms with Crippen LogP contribution in [0.1, 0.15) is 36.8 Å². The Hall–Kier alpha value is -3.41. The molecule has 2 heterocycles. The average Bonchev–Trinajstić information content (AvgIpc) is 3.44. The first-order valence-corrected chi connectivity index (χ1v) is 10.4. The van der Waals surface area contributed by atoms with Gasteiger partial charge in [-0.2, -0.15) is 0 Å². The molecule has 2 aliphatic rings. The Balaban J connectivity index is 1.74. The Morgan fingerprint density at radius 1 is 1.03 bits per heavy atom. The molecule has 30 heavy (non-hydrogen) atoms. The lowest BCUT2D eigenvalue weighted by molar-refractivity contribution is 0.414. The van der Waals surface area contributed by atoms with E-state index in [1.165, 1.54) is 5.56 Å². The molecule has 1 spiro atoms. The maximum Gasteiger partial charge on any atom is 0.263 e. The molecule has 0 amide bonds. The van der Waals surface area contributed by atoms with Crippen molar-refractivity contribution in [1.29, 1.82) is 0 Å². The van der Waals surface area contributed by atoms with Gasteiger partial charge in [-0.05, 0) is 49.1 Å². The summed E-state index contributed by atoms with van der Waals surface area (Å²) in [5.74, 6) is 1.29. The van der Waals surface area contributed by atoms with E-state index in [-0.39, 0.29) is 11.0 Å². The van der Waals surface area contributed by atoms with Gasteiger partial charge in [0, 0.05) is 16.5 Å². The summed E-state index contributed by atoms with van der Waals surface area (Å²) in [6.45, 7) is 0. The van der Waals surface area contributed by atoms with Crippen LogP contribution in [0.4, 0.5) is 0 Å². The van der Waals surface area contributed by atoms with E-state index in [1.54, 1.807) is 18.0 Å². The van der Waals surface area contributed by atoms with Crippen molar-refractivity contribution in [1.82, 2.24) is 19.2 Å². The molecule has 1 fully saturated rings. The molecule has 2 aromatic heterocycles. The lowest BCUT2D eigenvalue weighted by Crippen LogP contribution is -2.40. The SMILES string of the molecule is COc1ccc(-n2c(=O)c3c(n4cnnc24)-c2ccccc2CC32CCCC2)cc1. The molecule has 6 heteroatoms. The summed E-state index contributed by atoms with van der Waals surface area (Å²) < 4.78 is 9.00. The normalized spacial score (nSPS) is 16.6. The average molecular weight is 398 g/mol. The van der Waals surface area contributed by atoms with E-state index in [4.69, 9.17) is 4.74 Å². The number of nitrogens with zero attached hydrogens (tertiary/aromatic N) is 4. The number of benzene rings is 2. The van der Waals surface area contributed by atoms with Gasteiger partial charge in [0.1, 0.15) is 12.1 Å². The highest BCUT2D eigenvalue weighted by Crippen LogP contribution is 2.50. The predicted octanol–water partition coefficient (Wildman–Crippen LogP) is 3.92. The number of ether oxygens (including phenoxy) is 1. The van der Waals surface area contributed by atoms with E-state index >= 15 is 0 Å². The Kier molecular flexibility index (Phi) is 3.66. The van der Waals surface area contributed by atoms with Gasteiger partial charge < -0.3 is 4.74 Å². The molecule has 0 radical (unpaired) electrons. The first kappa shape index (κ1) is 17.4. The van der Waals surface area contributed by atoms with E-state index in [9.17, 15) is 4.79 Å². The first-order valence-electron chi connectivity index (χ1n) is 10.4. The molecular formula is C24H22N4O2. The van der Waals surface area contributed by atoms with Crippen LogP contribution in [0.2, 0.25) is 0 Å². The smallest absolute Gasteiger partial charge is 0.263 e. The van der Waals surface area contributed by atoms with Gasteiger partial charge in [-0.1, -0.05) is 37.1 Å². The van der Waals surface area contributed by atoms with E-state index in [0.29, 0.717) is 5.78 Å². The van der Waals surface area contributed by atoms with Crippen molar-refractivity contribution in [2.45, 2.75) is 37.5 Å². The predicted molar refractivity (Wildman–Crippen MR) is 114 cm³/mol. The van der Waals surface area contributed by atoms with Crippen molar-refractivity contribution in [2.24, 2.45) is 0 Å². The molecule has 4 aromatic rings. The Bertz CT molecular complexity index is 1330. The lowest BCUT2D eigenvalue weighted by Gasteiger charge is -2.37. The standard InChI is InChI=1S/C24H22N4O2/c1-30-18-10-8-17(9-11-18)28-22(29)20-21(27-15-25-26-23(27)28)19-7-3-2-6-16(19)14-24(20)12-4-5-13-24/h2-3,6-11,15H,4-5,12-14H2,1H3. The van der Waals surface area contributed by atoms with Crippen LogP contribution in [0.15, 0.2) is 59.7 Å². The van der Waals surface area contributed by atoms with Gasteiger partial charge in [0.25, 0.3) is 5.56 Å². The van der Waals surface area contributed by atoms with Crippen LogP contribution in [0.3, 0.4) is 0 Å². The lowest BCUT2D eigenvalue weighted by atomic mass is 9.68. The van der Waals surface area contributed by atoms with E-state index in [2.05, 4.69) is 28.4 Å². The first-order chi connectivity index (χ1) is 14.7. The number of hydrogen-bond acceptors (Lipinski definition) is 4. The summed E-state index contributed by atoms with van der Waals surface area (Å²) in [4.78, 5) is 14.1. The van der Waals surface area contributed by atoms with E-state index in [0.717, 1.165) is 60.4 Å². The molecule has 0 aliphatic heterocycles. The van der Waals surface area contributed by atoms with Crippen molar-refractivity contribution in [3.63, 3.8) is 0 Å². The second-order valence-corrected chi connectivity index (χ2v) is 8.38. The van der Waals surface area contributed by atoms with Crippen LogP contribution in [0.25, 0.3) is 22.7 Å². The molecule has 2 aromatic carbocycles. The molecule has 6 rings (SSSR count). The summed E-state index contributed by atoms with van der Waals surface area (Å²) in [5.41, 5.74) is 4.99. The third-order valence-electron chi connectivity index (χ3n) is 6.85. The number of hydrogen-bond donors (Lipinski definition) is 0. The highest BCUT2D eigenvalue weighted by molar-refractivity contribution is 5.74. The Labute approximate surface area is 173 Å². The second kappa shape index (κ2) is 6.29. The summed E-state index contributed by atoms with van der Waals surface area (Å²) in [6.07, 6.45) is 7.05. The van der Waals surface area contributed by atoms with Crippen molar-refractivity contribution >= 4 is 5.78 Å². The van der Waals surface area contributed by atoms with E-state index < -0.39 is 0 Å². The number of aromatic nitrogens is 4. The minimum Gasteiger partial charge on any atom is -0.497 e. The minimum absolute atomic E-state index is 0.0204. The van der Waals surface area contributed by atoms with Crippen molar-refractivity contribution in [3.05, 3.63) is 76.3 Å². The molecule has 150 valence electrons. The van der Waals surface area contributed by atoms with Crippen LogP contribution >= 0.6 is 0 Å². The van der Waals surface area contributed by atoms with Crippen LogP contribution in [0.5, 0.6) is 5.75 Å². The molecule has 0 N–H and O–H groups in total. The van der Waals surface area contributed by atoms with Crippen molar-refractivity contribution in [3.8, 4) is 22.7 Å². The number of fused-ring (bicyclic) bond motifs is 6. The van der Waals surface area contributed by atoms with Gasteiger partial charge >= 0.3 is 0 Å². The third-order valence-corrected chi connectivity index (χ3v) is 6.85. The molecule has 1 saturated carbocycles. The molecule has 2 aliphatic carbocycles. The molecule has 0 saturated heterocycles. The van der Waals surface area contributed by atoms with Crippen molar-refractivity contribution in [2.75, 3.05) is 7.11 Å². The van der Waals surface area contributed by atoms with Crippen LogP contribution in [-0.4, -0.2) is 26.3 Å². The Morgan fingerprint density at radius 3 is 2.57 bits per heavy atom. The quantitative estimate of drug-likeness (QED) is 0.513. The second-order valence-electron chi connectivity index (χ2n) is 8.38. The van der Waals surface area contributed by atoms with Gasteiger partial charge in [0.05, 0.1) is 18.5 Å². The number of methoxy groups -OCH3 is 1. The molecule has 0 atom stereocenters. The summed E-state index contributed by atoms with van der Waals surface area (Å²) in [5, 5.41) is 8.53. The van der Waals surface area contributed by atoms with Crippen LogP contribution in [-0.2, 0) is 11.8 Å². The third kappa shape index (κ3) is 2.27. The summed E-state index contributed by atoms with van der Waals surface area (Å²) >= 11 is 0. The largest absolute Gasteiger partial charge is 0.497 e. The maximum atomic E-state index is 14.1. The van der Waals surface area contributed by atoms with Gasteiger partial charge in [-0.3, -0.25) is 9.20 Å². The highest BCUT2D eigenvalue weighted by atomic mass is 16.5. The van der Waals surface area contributed by atoms with Crippen LogP contribution in [0, 0.1) is 0 Å². The van der Waals surface area contributed by atoms with Gasteiger partial charge in [-0.25, -0.2) is 4.57 Å². The zero-order valence-corrected chi connectivity index (χ0v) is 16.8.